The molecule has 0 fully saturated rings. The summed E-state index contributed by atoms with van der Waals surface area (Å²) in [5.41, 5.74) is 0. The lowest BCUT2D eigenvalue weighted by Gasteiger charge is -2.09. The summed E-state index contributed by atoms with van der Waals surface area (Å²) in [4.78, 5) is 8.73. The predicted molar refractivity (Wildman–Crippen MR) is 69.3 cm³/mol. The first-order valence-electron chi connectivity index (χ1n) is 6.21. The second-order valence-corrected chi connectivity index (χ2v) is 3.80. The van der Waals surface area contributed by atoms with Crippen LogP contribution in [0.3, 0.4) is 0 Å². The van der Waals surface area contributed by atoms with Gasteiger partial charge in [-0.2, -0.15) is 0 Å². The number of anilines is 2. The van der Waals surface area contributed by atoms with Crippen LogP contribution in [0.1, 0.15) is 32.5 Å². The molecule has 2 N–H and O–H groups in total. The van der Waals surface area contributed by atoms with E-state index in [4.69, 9.17) is 0 Å². The third-order valence-electron chi connectivity index (χ3n) is 2.26. The van der Waals surface area contributed by atoms with Crippen molar-refractivity contribution in [2.45, 2.75) is 33.1 Å². The minimum Gasteiger partial charge on any atom is -0.370 e. The van der Waals surface area contributed by atoms with Crippen molar-refractivity contribution >= 4 is 11.6 Å². The van der Waals surface area contributed by atoms with Gasteiger partial charge in [0.05, 0.1) is 6.67 Å². The largest absolute Gasteiger partial charge is 0.370 e. The van der Waals surface area contributed by atoms with Crippen LogP contribution in [0.4, 0.5) is 16.0 Å². The molecule has 1 aromatic rings. The molecule has 1 rings (SSSR count). The molecule has 0 amide bonds. The normalized spacial score (nSPS) is 10.3. The Morgan fingerprint density at radius 2 is 1.76 bits per heavy atom. The maximum atomic E-state index is 12.0. The average Bonchev–Trinajstić information content (AvgIpc) is 2.36. The maximum absolute atomic E-state index is 12.0. The minimum atomic E-state index is -0.306. The van der Waals surface area contributed by atoms with Crippen LogP contribution in [0.2, 0.25) is 0 Å². The lowest BCUT2D eigenvalue weighted by molar-refractivity contribution is 0.481. The van der Waals surface area contributed by atoms with Gasteiger partial charge in [0.2, 0.25) is 0 Å². The number of rotatable bonds is 8. The van der Waals surface area contributed by atoms with Crippen LogP contribution >= 0.6 is 0 Å². The van der Waals surface area contributed by atoms with Gasteiger partial charge in [0.1, 0.15) is 17.5 Å². The Morgan fingerprint density at radius 3 is 2.29 bits per heavy atom. The highest BCUT2D eigenvalue weighted by Crippen LogP contribution is 2.11. The van der Waals surface area contributed by atoms with Gasteiger partial charge in [-0.25, -0.2) is 9.97 Å². The van der Waals surface area contributed by atoms with Gasteiger partial charge in [-0.3, -0.25) is 4.39 Å². The van der Waals surface area contributed by atoms with E-state index in [1.807, 2.05) is 13.0 Å². The number of hydrogen-bond acceptors (Lipinski definition) is 4. The number of hydrogen-bond donors (Lipinski definition) is 2. The number of nitrogens with one attached hydrogen (secondary N) is 2. The number of alkyl halides is 1. The molecule has 0 aromatic carbocycles. The summed E-state index contributed by atoms with van der Waals surface area (Å²) in [5.74, 6) is 2.40. The monoisotopic (exact) mass is 240 g/mol. The zero-order valence-electron chi connectivity index (χ0n) is 10.6. The van der Waals surface area contributed by atoms with Crippen LogP contribution in [0.25, 0.3) is 0 Å². The highest BCUT2D eigenvalue weighted by atomic mass is 19.1. The summed E-state index contributed by atoms with van der Waals surface area (Å²) < 4.78 is 12.0. The molecular formula is C12H21FN4. The summed E-state index contributed by atoms with van der Waals surface area (Å²) in [6, 6.07) is 1.87. The van der Waals surface area contributed by atoms with E-state index in [0.29, 0.717) is 13.0 Å². The van der Waals surface area contributed by atoms with Crippen molar-refractivity contribution in [1.82, 2.24) is 9.97 Å². The van der Waals surface area contributed by atoms with Crippen molar-refractivity contribution < 1.29 is 4.39 Å². The Hall–Kier alpha value is -1.39. The van der Waals surface area contributed by atoms with Crippen LogP contribution in [-0.4, -0.2) is 29.7 Å². The highest BCUT2D eigenvalue weighted by molar-refractivity contribution is 5.47. The zero-order chi connectivity index (χ0) is 12.5. The summed E-state index contributed by atoms with van der Waals surface area (Å²) >= 11 is 0. The molecule has 17 heavy (non-hydrogen) atoms. The topological polar surface area (TPSA) is 49.8 Å². The molecule has 4 nitrogen and oxygen atoms in total. The first-order valence-corrected chi connectivity index (χ1v) is 6.21. The molecule has 5 heteroatoms. The van der Waals surface area contributed by atoms with Gasteiger partial charge in [-0.05, 0) is 12.8 Å². The second-order valence-electron chi connectivity index (χ2n) is 3.80. The SMILES string of the molecule is CCCNc1cc(NCCCF)nc(CC)n1. The second kappa shape index (κ2) is 7.81. The summed E-state index contributed by atoms with van der Waals surface area (Å²) in [6.45, 7) is 5.31. The fraction of sp³-hybridized carbons (Fsp3) is 0.667. The van der Waals surface area contributed by atoms with E-state index in [0.717, 1.165) is 36.8 Å². The van der Waals surface area contributed by atoms with Crippen molar-refractivity contribution in [3.63, 3.8) is 0 Å². The van der Waals surface area contributed by atoms with Gasteiger partial charge in [0.15, 0.2) is 0 Å². The van der Waals surface area contributed by atoms with Gasteiger partial charge in [0, 0.05) is 25.6 Å². The van der Waals surface area contributed by atoms with Gasteiger partial charge >= 0.3 is 0 Å². The number of halogens is 1. The Balaban J connectivity index is 2.67. The van der Waals surface area contributed by atoms with Crippen molar-refractivity contribution in [3.8, 4) is 0 Å². The van der Waals surface area contributed by atoms with Crippen molar-refractivity contribution in [1.29, 1.82) is 0 Å². The van der Waals surface area contributed by atoms with E-state index < -0.39 is 0 Å². The lowest BCUT2D eigenvalue weighted by atomic mass is 10.4. The summed E-state index contributed by atoms with van der Waals surface area (Å²) in [5, 5.41) is 6.34. The fourth-order valence-electron chi connectivity index (χ4n) is 1.37. The molecule has 0 radical (unpaired) electrons. The van der Waals surface area contributed by atoms with Crippen LogP contribution in [-0.2, 0) is 6.42 Å². The van der Waals surface area contributed by atoms with Crippen LogP contribution in [0.5, 0.6) is 0 Å². The molecular weight excluding hydrogens is 219 g/mol. The highest BCUT2D eigenvalue weighted by Gasteiger charge is 2.02. The van der Waals surface area contributed by atoms with Crippen LogP contribution in [0.15, 0.2) is 6.07 Å². The molecule has 0 spiro atoms. The van der Waals surface area contributed by atoms with E-state index in [1.165, 1.54) is 0 Å². The lowest BCUT2D eigenvalue weighted by Crippen LogP contribution is -2.09. The third-order valence-corrected chi connectivity index (χ3v) is 2.26. The van der Waals surface area contributed by atoms with Gasteiger partial charge in [-0.15, -0.1) is 0 Å². The van der Waals surface area contributed by atoms with E-state index >= 15 is 0 Å². The molecule has 0 unspecified atom stereocenters. The first kappa shape index (κ1) is 13.7. The molecule has 0 aliphatic carbocycles. The fourth-order valence-corrected chi connectivity index (χ4v) is 1.37. The minimum absolute atomic E-state index is 0.306. The standard InChI is InChI=1S/C12H21FN4/c1-3-7-14-11-9-12(15-8-5-6-13)17-10(4-2)16-11/h9H,3-8H2,1-2H3,(H2,14,15,16,17). The number of aryl methyl sites for hydroxylation is 1. The molecule has 1 heterocycles. The van der Waals surface area contributed by atoms with Crippen LogP contribution in [0, 0.1) is 0 Å². The molecule has 0 saturated carbocycles. The molecule has 0 atom stereocenters. The third kappa shape index (κ3) is 4.97. The summed E-state index contributed by atoms with van der Waals surface area (Å²) in [6.07, 6.45) is 2.35. The number of nitrogens with zero attached hydrogens (tertiary/aromatic N) is 2. The Bertz CT molecular complexity index is 330. The van der Waals surface area contributed by atoms with E-state index in [2.05, 4.69) is 27.5 Å². The average molecular weight is 240 g/mol. The molecule has 0 bridgehead atoms. The zero-order valence-corrected chi connectivity index (χ0v) is 10.6. The van der Waals surface area contributed by atoms with Gasteiger partial charge in [0.25, 0.3) is 0 Å². The van der Waals surface area contributed by atoms with E-state index in [9.17, 15) is 4.39 Å². The van der Waals surface area contributed by atoms with E-state index in [1.54, 1.807) is 0 Å². The van der Waals surface area contributed by atoms with E-state index in [-0.39, 0.29) is 6.67 Å². The Labute approximate surface area is 102 Å². The van der Waals surface area contributed by atoms with Crippen molar-refractivity contribution in [2.75, 3.05) is 30.4 Å². The Morgan fingerprint density at radius 1 is 1.12 bits per heavy atom. The first-order chi connectivity index (χ1) is 8.30. The molecule has 0 aliphatic rings. The Kier molecular flexibility index (Phi) is 6.29. The smallest absolute Gasteiger partial charge is 0.132 e. The maximum Gasteiger partial charge on any atom is 0.132 e. The van der Waals surface area contributed by atoms with Gasteiger partial charge < -0.3 is 10.6 Å². The number of aromatic nitrogens is 2. The molecule has 1 aromatic heterocycles. The van der Waals surface area contributed by atoms with Crippen LogP contribution < -0.4 is 10.6 Å². The quantitative estimate of drug-likeness (QED) is 0.686. The summed E-state index contributed by atoms with van der Waals surface area (Å²) in [7, 11) is 0. The van der Waals surface area contributed by atoms with Crippen molar-refractivity contribution in [2.24, 2.45) is 0 Å². The molecule has 0 saturated heterocycles. The predicted octanol–water partition coefficient (Wildman–Crippen LogP) is 2.63. The van der Waals surface area contributed by atoms with Gasteiger partial charge in [-0.1, -0.05) is 13.8 Å². The molecule has 96 valence electrons. The molecule has 0 aliphatic heterocycles. The van der Waals surface area contributed by atoms with Crippen molar-refractivity contribution in [3.05, 3.63) is 11.9 Å².